The summed E-state index contributed by atoms with van der Waals surface area (Å²) in [6, 6.07) is 7.03. The minimum Gasteiger partial charge on any atom is -0.496 e. The highest BCUT2D eigenvalue weighted by molar-refractivity contribution is 5.96. The van der Waals surface area contributed by atoms with Crippen LogP contribution in [0.2, 0.25) is 0 Å². The molecule has 4 nitrogen and oxygen atoms in total. The summed E-state index contributed by atoms with van der Waals surface area (Å²) in [5, 5.41) is 2.73. The fourth-order valence-electron chi connectivity index (χ4n) is 1.18. The predicted octanol–water partition coefficient (Wildman–Crippen LogP) is 0.772. The van der Waals surface area contributed by atoms with Crippen LogP contribution in [0, 0.1) is 0 Å². The Labute approximate surface area is 89.4 Å². The van der Waals surface area contributed by atoms with Gasteiger partial charge in [-0.1, -0.05) is 12.1 Å². The Hall–Kier alpha value is -1.55. The lowest BCUT2D eigenvalue weighted by Gasteiger charge is -2.10. The zero-order valence-electron chi connectivity index (χ0n) is 8.99. The lowest BCUT2D eigenvalue weighted by Crippen LogP contribution is -2.35. The largest absolute Gasteiger partial charge is 0.496 e. The molecule has 1 rings (SSSR count). The van der Waals surface area contributed by atoms with Crippen molar-refractivity contribution in [1.82, 2.24) is 5.32 Å². The monoisotopic (exact) mass is 208 g/mol. The second-order valence-corrected chi connectivity index (χ2v) is 3.39. The van der Waals surface area contributed by atoms with Crippen LogP contribution in [0.1, 0.15) is 17.3 Å². The number of carbonyl (C=O) groups is 1. The van der Waals surface area contributed by atoms with Crippen molar-refractivity contribution in [3.05, 3.63) is 29.8 Å². The molecule has 1 atom stereocenters. The summed E-state index contributed by atoms with van der Waals surface area (Å²) < 4.78 is 5.08. The van der Waals surface area contributed by atoms with Crippen molar-refractivity contribution in [3.8, 4) is 5.75 Å². The Morgan fingerprint density at radius 2 is 2.20 bits per heavy atom. The summed E-state index contributed by atoms with van der Waals surface area (Å²) in [5.41, 5.74) is 6.07. The van der Waals surface area contributed by atoms with Crippen LogP contribution in [0.4, 0.5) is 0 Å². The number of hydrogen-bond acceptors (Lipinski definition) is 3. The van der Waals surface area contributed by atoms with E-state index in [4.69, 9.17) is 10.5 Å². The molecule has 82 valence electrons. The van der Waals surface area contributed by atoms with Crippen LogP contribution in [-0.4, -0.2) is 25.6 Å². The molecule has 0 saturated heterocycles. The van der Waals surface area contributed by atoms with Gasteiger partial charge in [0.25, 0.3) is 5.91 Å². The summed E-state index contributed by atoms with van der Waals surface area (Å²) >= 11 is 0. The molecule has 0 bridgehead atoms. The molecule has 0 aliphatic rings. The molecule has 0 aromatic heterocycles. The summed E-state index contributed by atoms with van der Waals surface area (Å²) in [6.45, 7) is 2.29. The van der Waals surface area contributed by atoms with E-state index in [1.165, 1.54) is 7.11 Å². The predicted molar refractivity (Wildman–Crippen MR) is 59.0 cm³/mol. The molecule has 0 aliphatic heterocycles. The number of carbonyl (C=O) groups excluding carboxylic acids is 1. The van der Waals surface area contributed by atoms with Crippen molar-refractivity contribution in [2.24, 2.45) is 5.73 Å². The first-order valence-electron chi connectivity index (χ1n) is 4.82. The average Bonchev–Trinajstić information content (AvgIpc) is 2.25. The van der Waals surface area contributed by atoms with Crippen LogP contribution in [0.15, 0.2) is 24.3 Å². The molecule has 3 N–H and O–H groups in total. The van der Waals surface area contributed by atoms with E-state index < -0.39 is 0 Å². The number of nitrogens with two attached hydrogens (primary N) is 1. The normalized spacial score (nSPS) is 11.9. The van der Waals surface area contributed by atoms with Gasteiger partial charge in [-0.15, -0.1) is 0 Å². The number of para-hydroxylation sites is 1. The molecular weight excluding hydrogens is 192 g/mol. The fraction of sp³-hybridized carbons (Fsp3) is 0.364. The van der Waals surface area contributed by atoms with Crippen LogP contribution in [-0.2, 0) is 0 Å². The van der Waals surface area contributed by atoms with Crippen molar-refractivity contribution >= 4 is 5.91 Å². The average molecular weight is 208 g/mol. The van der Waals surface area contributed by atoms with Gasteiger partial charge in [-0.2, -0.15) is 0 Å². The highest BCUT2D eigenvalue weighted by Crippen LogP contribution is 2.16. The van der Waals surface area contributed by atoms with Crippen molar-refractivity contribution in [3.63, 3.8) is 0 Å². The van der Waals surface area contributed by atoms with E-state index in [0.717, 1.165) is 0 Å². The Kier molecular flexibility index (Phi) is 4.12. The topological polar surface area (TPSA) is 64.3 Å². The van der Waals surface area contributed by atoms with Crippen LogP contribution >= 0.6 is 0 Å². The molecule has 1 aromatic rings. The van der Waals surface area contributed by atoms with Crippen molar-refractivity contribution < 1.29 is 9.53 Å². The summed E-state index contributed by atoms with van der Waals surface area (Å²) in [6.07, 6.45) is 0. The first kappa shape index (κ1) is 11.5. The number of hydrogen-bond donors (Lipinski definition) is 2. The molecule has 0 heterocycles. The standard InChI is InChI=1S/C11H16N2O2/c1-8(12)7-13-11(14)9-5-3-4-6-10(9)15-2/h3-6,8H,7,12H2,1-2H3,(H,13,14). The minimum atomic E-state index is -0.162. The molecule has 0 fully saturated rings. The highest BCUT2D eigenvalue weighted by atomic mass is 16.5. The summed E-state index contributed by atoms with van der Waals surface area (Å²) in [4.78, 5) is 11.7. The van der Waals surface area contributed by atoms with E-state index in [-0.39, 0.29) is 11.9 Å². The minimum absolute atomic E-state index is 0.0522. The van der Waals surface area contributed by atoms with Gasteiger partial charge in [-0.05, 0) is 19.1 Å². The van der Waals surface area contributed by atoms with Crippen LogP contribution in [0.3, 0.4) is 0 Å². The van der Waals surface area contributed by atoms with Gasteiger partial charge in [0.1, 0.15) is 5.75 Å². The van der Waals surface area contributed by atoms with Gasteiger partial charge in [0, 0.05) is 12.6 Å². The Balaban J connectivity index is 2.72. The van der Waals surface area contributed by atoms with Gasteiger partial charge in [-0.25, -0.2) is 0 Å². The molecule has 0 radical (unpaired) electrons. The zero-order valence-corrected chi connectivity index (χ0v) is 8.99. The maximum absolute atomic E-state index is 11.7. The molecule has 0 saturated carbocycles. The van der Waals surface area contributed by atoms with E-state index >= 15 is 0 Å². The third-order valence-electron chi connectivity index (χ3n) is 1.94. The number of rotatable bonds is 4. The third-order valence-corrected chi connectivity index (χ3v) is 1.94. The second kappa shape index (κ2) is 5.36. The highest BCUT2D eigenvalue weighted by Gasteiger charge is 2.10. The molecule has 4 heteroatoms. The molecule has 0 spiro atoms. The maximum Gasteiger partial charge on any atom is 0.255 e. The number of benzene rings is 1. The SMILES string of the molecule is COc1ccccc1C(=O)NCC(C)N. The lowest BCUT2D eigenvalue weighted by atomic mass is 10.2. The van der Waals surface area contributed by atoms with Gasteiger partial charge < -0.3 is 15.8 Å². The van der Waals surface area contributed by atoms with E-state index in [9.17, 15) is 4.79 Å². The first-order valence-corrected chi connectivity index (χ1v) is 4.82. The first-order chi connectivity index (χ1) is 7.15. The molecule has 1 aromatic carbocycles. The number of ether oxygens (including phenoxy) is 1. The Morgan fingerprint density at radius 1 is 1.53 bits per heavy atom. The maximum atomic E-state index is 11.7. The van der Waals surface area contributed by atoms with E-state index in [2.05, 4.69) is 5.32 Å². The van der Waals surface area contributed by atoms with Gasteiger partial charge in [-0.3, -0.25) is 4.79 Å². The molecule has 1 unspecified atom stereocenters. The Morgan fingerprint density at radius 3 is 2.80 bits per heavy atom. The van der Waals surface area contributed by atoms with Crippen molar-refractivity contribution in [1.29, 1.82) is 0 Å². The molecule has 1 amide bonds. The number of methoxy groups -OCH3 is 1. The third kappa shape index (κ3) is 3.25. The molecule has 15 heavy (non-hydrogen) atoms. The van der Waals surface area contributed by atoms with Crippen LogP contribution in [0.25, 0.3) is 0 Å². The summed E-state index contributed by atoms with van der Waals surface area (Å²) in [5.74, 6) is 0.407. The van der Waals surface area contributed by atoms with E-state index in [1.807, 2.05) is 13.0 Å². The zero-order chi connectivity index (χ0) is 11.3. The Bertz CT molecular complexity index is 337. The lowest BCUT2D eigenvalue weighted by molar-refractivity contribution is 0.0948. The van der Waals surface area contributed by atoms with Gasteiger partial charge in [0.05, 0.1) is 12.7 Å². The quantitative estimate of drug-likeness (QED) is 0.768. The molecule has 0 aliphatic carbocycles. The van der Waals surface area contributed by atoms with Crippen LogP contribution in [0.5, 0.6) is 5.75 Å². The van der Waals surface area contributed by atoms with Gasteiger partial charge in [0.2, 0.25) is 0 Å². The number of nitrogens with one attached hydrogen (secondary N) is 1. The van der Waals surface area contributed by atoms with Crippen molar-refractivity contribution in [2.75, 3.05) is 13.7 Å². The van der Waals surface area contributed by atoms with Crippen molar-refractivity contribution in [2.45, 2.75) is 13.0 Å². The molecular formula is C11H16N2O2. The second-order valence-electron chi connectivity index (χ2n) is 3.39. The van der Waals surface area contributed by atoms with Crippen LogP contribution < -0.4 is 15.8 Å². The summed E-state index contributed by atoms with van der Waals surface area (Å²) in [7, 11) is 1.54. The van der Waals surface area contributed by atoms with Gasteiger partial charge >= 0.3 is 0 Å². The smallest absolute Gasteiger partial charge is 0.255 e. The van der Waals surface area contributed by atoms with Gasteiger partial charge in [0.15, 0.2) is 0 Å². The number of amides is 1. The fourth-order valence-corrected chi connectivity index (χ4v) is 1.18. The van der Waals surface area contributed by atoms with E-state index in [1.54, 1.807) is 18.2 Å². The van der Waals surface area contributed by atoms with E-state index in [0.29, 0.717) is 17.9 Å².